The third-order valence-corrected chi connectivity index (χ3v) is 4.63. The van der Waals surface area contributed by atoms with Crippen molar-refractivity contribution in [2.24, 2.45) is 0 Å². The third-order valence-electron chi connectivity index (χ3n) is 4.63. The van der Waals surface area contributed by atoms with E-state index < -0.39 is 0 Å². The molecule has 3 aromatic rings. The van der Waals surface area contributed by atoms with E-state index in [1.807, 2.05) is 18.5 Å². The number of aryl methyl sites for hydroxylation is 1. The summed E-state index contributed by atoms with van der Waals surface area (Å²) in [6, 6.07) is 10.8. The first-order valence-corrected chi connectivity index (χ1v) is 8.11. The normalized spacial score (nSPS) is 15.4. The summed E-state index contributed by atoms with van der Waals surface area (Å²) < 4.78 is 2.37. The first kappa shape index (κ1) is 14.2. The standard InChI is InChI=1S/C20H21N3/c1-15-5-6-19-17(12-15)18-14-22(2)10-8-20(18)23(19)11-7-16-4-3-9-21-13-16/h3-7,9,11-13H,8,10,14H2,1-2H3/b11-7+. The van der Waals surface area contributed by atoms with Crippen LogP contribution in [0, 0.1) is 6.92 Å². The van der Waals surface area contributed by atoms with Gasteiger partial charge in [-0.1, -0.05) is 17.7 Å². The van der Waals surface area contributed by atoms with Crippen LogP contribution in [-0.4, -0.2) is 28.0 Å². The molecule has 3 heterocycles. The summed E-state index contributed by atoms with van der Waals surface area (Å²) in [6.07, 6.45) is 9.14. The van der Waals surface area contributed by atoms with E-state index in [-0.39, 0.29) is 0 Å². The molecule has 3 heteroatoms. The average Bonchev–Trinajstić information content (AvgIpc) is 2.86. The number of pyridine rings is 1. The molecule has 1 aliphatic heterocycles. The maximum absolute atomic E-state index is 4.19. The molecular formula is C20H21N3. The van der Waals surface area contributed by atoms with Gasteiger partial charge in [0.15, 0.2) is 0 Å². The second kappa shape index (κ2) is 5.67. The quantitative estimate of drug-likeness (QED) is 0.714. The van der Waals surface area contributed by atoms with Gasteiger partial charge in [0.2, 0.25) is 0 Å². The van der Waals surface area contributed by atoms with Gasteiger partial charge in [-0.2, -0.15) is 0 Å². The molecule has 0 aliphatic carbocycles. The lowest BCUT2D eigenvalue weighted by Gasteiger charge is -2.23. The van der Waals surface area contributed by atoms with Gasteiger partial charge >= 0.3 is 0 Å². The molecule has 0 N–H and O–H groups in total. The van der Waals surface area contributed by atoms with E-state index in [0.29, 0.717) is 0 Å². The van der Waals surface area contributed by atoms with Crippen LogP contribution in [0.3, 0.4) is 0 Å². The van der Waals surface area contributed by atoms with Gasteiger partial charge in [-0.3, -0.25) is 4.98 Å². The predicted octanol–water partition coefficient (Wildman–Crippen LogP) is 3.96. The molecular weight excluding hydrogens is 282 g/mol. The molecule has 1 aromatic carbocycles. The maximum Gasteiger partial charge on any atom is 0.0528 e. The van der Waals surface area contributed by atoms with E-state index >= 15 is 0 Å². The molecule has 0 atom stereocenters. The number of likely N-dealkylation sites (N-methyl/N-ethyl adjacent to an activating group) is 1. The molecule has 0 radical (unpaired) electrons. The van der Waals surface area contributed by atoms with Crippen molar-refractivity contribution in [2.75, 3.05) is 13.6 Å². The average molecular weight is 303 g/mol. The highest BCUT2D eigenvalue weighted by Gasteiger charge is 2.21. The van der Waals surface area contributed by atoms with Gasteiger partial charge in [0.25, 0.3) is 0 Å². The maximum atomic E-state index is 4.19. The highest BCUT2D eigenvalue weighted by Crippen LogP contribution is 2.31. The number of hydrogen-bond acceptors (Lipinski definition) is 2. The molecule has 0 unspecified atom stereocenters. The lowest BCUT2D eigenvalue weighted by molar-refractivity contribution is 0.312. The van der Waals surface area contributed by atoms with Gasteiger partial charge in [0, 0.05) is 49.2 Å². The summed E-state index contributed by atoms with van der Waals surface area (Å²) in [6.45, 7) is 4.31. The van der Waals surface area contributed by atoms with E-state index in [4.69, 9.17) is 0 Å². The smallest absolute Gasteiger partial charge is 0.0528 e. The molecule has 0 saturated heterocycles. The van der Waals surface area contributed by atoms with Crippen molar-refractivity contribution in [1.82, 2.24) is 14.5 Å². The number of aromatic nitrogens is 2. The minimum atomic E-state index is 1.03. The summed E-state index contributed by atoms with van der Waals surface area (Å²) in [5.74, 6) is 0. The Hall–Kier alpha value is -2.39. The van der Waals surface area contributed by atoms with Crippen molar-refractivity contribution in [2.45, 2.75) is 19.9 Å². The Labute approximate surface area is 136 Å². The molecule has 23 heavy (non-hydrogen) atoms. The van der Waals surface area contributed by atoms with Crippen molar-refractivity contribution in [1.29, 1.82) is 0 Å². The second-order valence-electron chi connectivity index (χ2n) is 6.41. The van der Waals surface area contributed by atoms with Crippen molar-refractivity contribution in [3.8, 4) is 0 Å². The molecule has 3 nitrogen and oxygen atoms in total. The van der Waals surface area contributed by atoms with E-state index in [1.54, 1.807) is 0 Å². The molecule has 0 saturated carbocycles. The van der Waals surface area contributed by atoms with Crippen LogP contribution in [-0.2, 0) is 13.0 Å². The van der Waals surface area contributed by atoms with Crippen molar-refractivity contribution < 1.29 is 0 Å². The van der Waals surface area contributed by atoms with Crippen LogP contribution in [0.4, 0.5) is 0 Å². The Morgan fingerprint density at radius 1 is 1.22 bits per heavy atom. The lowest BCUT2D eigenvalue weighted by Crippen LogP contribution is -2.26. The zero-order valence-electron chi connectivity index (χ0n) is 13.7. The molecule has 0 bridgehead atoms. The number of nitrogens with zero attached hydrogens (tertiary/aromatic N) is 3. The number of hydrogen-bond donors (Lipinski definition) is 0. The van der Waals surface area contributed by atoms with Gasteiger partial charge in [-0.05, 0) is 49.4 Å². The monoisotopic (exact) mass is 303 g/mol. The van der Waals surface area contributed by atoms with Crippen LogP contribution in [0.2, 0.25) is 0 Å². The van der Waals surface area contributed by atoms with Crippen LogP contribution in [0.1, 0.15) is 22.4 Å². The fraction of sp³-hybridized carbons (Fsp3) is 0.250. The first-order valence-electron chi connectivity index (χ1n) is 8.11. The highest BCUT2D eigenvalue weighted by atomic mass is 15.1. The van der Waals surface area contributed by atoms with Crippen LogP contribution in [0.15, 0.2) is 42.7 Å². The van der Waals surface area contributed by atoms with Crippen LogP contribution in [0.25, 0.3) is 23.2 Å². The van der Waals surface area contributed by atoms with Crippen LogP contribution in [0.5, 0.6) is 0 Å². The first-order chi connectivity index (χ1) is 11.2. The van der Waals surface area contributed by atoms with E-state index in [9.17, 15) is 0 Å². The van der Waals surface area contributed by atoms with Crippen LogP contribution < -0.4 is 0 Å². The Kier molecular flexibility index (Phi) is 3.50. The fourth-order valence-corrected chi connectivity index (χ4v) is 3.45. The summed E-state index contributed by atoms with van der Waals surface area (Å²) in [5, 5.41) is 1.39. The fourth-order valence-electron chi connectivity index (χ4n) is 3.45. The van der Waals surface area contributed by atoms with E-state index in [2.05, 4.69) is 65.0 Å². The SMILES string of the molecule is Cc1ccc2c(c1)c1c(n2/C=C/c2cccnc2)CCN(C)C1. The topological polar surface area (TPSA) is 21.1 Å². The molecule has 0 fully saturated rings. The largest absolute Gasteiger partial charge is 0.320 e. The summed E-state index contributed by atoms with van der Waals surface area (Å²) in [4.78, 5) is 6.59. The minimum Gasteiger partial charge on any atom is -0.320 e. The Morgan fingerprint density at radius 3 is 2.96 bits per heavy atom. The van der Waals surface area contributed by atoms with Crippen molar-refractivity contribution in [3.63, 3.8) is 0 Å². The van der Waals surface area contributed by atoms with E-state index in [0.717, 1.165) is 25.1 Å². The van der Waals surface area contributed by atoms with Gasteiger partial charge in [-0.25, -0.2) is 0 Å². The molecule has 0 spiro atoms. The van der Waals surface area contributed by atoms with E-state index in [1.165, 1.54) is 27.7 Å². The molecule has 116 valence electrons. The second-order valence-corrected chi connectivity index (χ2v) is 6.41. The predicted molar refractivity (Wildman–Crippen MR) is 96.2 cm³/mol. The zero-order chi connectivity index (χ0) is 15.8. The zero-order valence-corrected chi connectivity index (χ0v) is 13.7. The molecule has 1 aliphatic rings. The number of benzene rings is 1. The Morgan fingerprint density at radius 2 is 2.13 bits per heavy atom. The summed E-state index contributed by atoms with van der Waals surface area (Å²) >= 11 is 0. The summed E-state index contributed by atoms with van der Waals surface area (Å²) in [5.41, 5.74) is 6.68. The molecule has 4 rings (SSSR count). The lowest BCUT2D eigenvalue weighted by atomic mass is 10.0. The molecule has 0 amide bonds. The Balaban J connectivity index is 1.87. The van der Waals surface area contributed by atoms with Gasteiger partial charge < -0.3 is 9.47 Å². The van der Waals surface area contributed by atoms with Crippen molar-refractivity contribution in [3.05, 3.63) is 65.1 Å². The van der Waals surface area contributed by atoms with Crippen molar-refractivity contribution >= 4 is 23.2 Å². The minimum absolute atomic E-state index is 1.03. The molecule has 2 aromatic heterocycles. The number of fused-ring (bicyclic) bond motifs is 3. The Bertz CT molecular complexity index is 875. The van der Waals surface area contributed by atoms with Gasteiger partial charge in [0.1, 0.15) is 0 Å². The summed E-state index contributed by atoms with van der Waals surface area (Å²) in [7, 11) is 2.20. The van der Waals surface area contributed by atoms with Crippen LogP contribution >= 0.6 is 0 Å². The highest BCUT2D eigenvalue weighted by molar-refractivity contribution is 5.89. The number of rotatable bonds is 2. The van der Waals surface area contributed by atoms with Gasteiger partial charge in [0.05, 0.1) is 5.52 Å². The third kappa shape index (κ3) is 2.57. The van der Waals surface area contributed by atoms with Gasteiger partial charge in [-0.15, -0.1) is 0 Å².